The summed E-state index contributed by atoms with van der Waals surface area (Å²) >= 11 is 0. The largest absolute Gasteiger partial charge is 0.508 e. The predicted molar refractivity (Wildman–Crippen MR) is 80.0 cm³/mol. The molecule has 0 saturated heterocycles. The lowest BCUT2D eigenvalue weighted by atomic mass is 9.84. The first-order valence-corrected chi connectivity index (χ1v) is 6.59. The van der Waals surface area contributed by atoms with Gasteiger partial charge in [-0.2, -0.15) is 0 Å². The second kappa shape index (κ2) is 5.71. The molecular weight excluding hydrogens is 256 g/mol. The minimum absolute atomic E-state index is 0.106. The average Bonchev–Trinajstić information content (AvgIpc) is 2.25. The van der Waals surface area contributed by atoms with Crippen LogP contribution in [0.5, 0.6) is 5.75 Å². The first-order valence-electron chi connectivity index (χ1n) is 6.59. The molecule has 5 nitrogen and oxygen atoms in total. The van der Waals surface area contributed by atoms with E-state index in [1.165, 1.54) is 6.07 Å². The maximum atomic E-state index is 11.6. The zero-order valence-corrected chi connectivity index (χ0v) is 12.8. The summed E-state index contributed by atoms with van der Waals surface area (Å²) in [6.45, 7) is 9.68. The minimum atomic E-state index is -0.562. The van der Waals surface area contributed by atoms with Crippen LogP contribution < -0.4 is 11.1 Å². The molecule has 0 aromatic heterocycles. The number of carbonyl (C=O) groups is 1. The monoisotopic (exact) mass is 280 g/mol. The van der Waals surface area contributed by atoms with Gasteiger partial charge in [0.25, 0.3) is 0 Å². The highest BCUT2D eigenvalue weighted by atomic mass is 16.6. The van der Waals surface area contributed by atoms with Crippen LogP contribution in [-0.4, -0.2) is 23.3 Å². The third-order valence-corrected chi connectivity index (χ3v) is 2.88. The fourth-order valence-electron chi connectivity index (χ4n) is 1.71. The fraction of sp³-hybridized carbons (Fsp3) is 0.533. The summed E-state index contributed by atoms with van der Waals surface area (Å²) in [5.41, 5.74) is 6.03. The lowest BCUT2D eigenvalue weighted by molar-refractivity contribution is 0.0636. The topological polar surface area (TPSA) is 84.6 Å². The second-order valence-electron chi connectivity index (χ2n) is 6.45. The number of benzene rings is 1. The zero-order chi connectivity index (χ0) is 15.6. The highest BCUT2D eigenvalue weighted by molar-refractivity contribution is 5.85. The van der Waals surface area contributed by atoms with Crippen molar-refractivity contribution >= 4 is 11.8 Å². The molecule has 0 saturated carbocycles. The molecule has 1 aromatic rings. The van der Waals surface area contributed by atoms with Crippen molar-refractivity contribution in [1.29, 1.82) is 0 Å². The number of phenols is 1. The third-order valence-electron chi connectivity index (χ3n) is 2.88. The van der Waals surface area contributed by atoms with Crippen molar-refractivity contribution in [3.05, 3.63) is 23.8 Å². The Morgan fingerprint density at radius 2 is 1.90 bits per heavy atom. The van der Waals surface area contributed by atoms with Gasteiger partial charge in [-0.05, 0) is 26.8 Å². The van der Waals surface area contributed by atoms with E-state index >= 15 is 0 Å². The SMILES string of the molecule is CC(C)(C)OC(=O)Nc1ccc(C(C)(C)CN)c(O)c1. The van der Waals surface area contributed by atoms with E-state index in [0.29, 0.717) is 12.2 Å². The number of phenolic OH excluding ortho intramolecular Hbond substituents is 1. The molecule has 0 spiro atoms. The second-order valence-corrected chi connectivity index (χ2v) is 6.45. The highest BCUT2D eigenvalue weighted by Gasteiger charge is 2.23. The summed E-state index contributed by atoms with van der Waals surface area (Å²) in [7, 11) is 0. The summed E-state index contributed by atoms with van der Waals surface area (Å²) in [6, 6.07) is 4.97. The molecular formula is C15H24N2O3. The van der Waals surface area contributed by atoms with Gasteiger partial charge in [-0.3, -0.25) is 5.32 Å². The number of hydrogen-bond donors (Lipinski definition) is 3. The van der Waals surface area contributed by atoms with Gasteiger partial charge in [0, 0.05) is 29.3 Å². The van der Waals surface area contributed by atoms with Crippen LogP contribution in [-0.2, 0) is 10.2 Å². The minimum Gasteiger partial charge on any atom is -0.508 e. The van der Waals surface area contributed by atoms with Crippen molar-refractivity contribution in [2.75, 3.05) is 11.9 Å². The van der Waals surface area contributed by atoms with Crippen molar-refractivity contribution in [2.24, 2.45) is 5.73 Å². The molecule has 0 heterocycles. The number of hydrogen-bond acceptors (Lipinski definition) is 4. The molecule has 0 bridgehead atoms. The summed E-state index contributed by atoms with van der Waals surface area (Å²) in [4.78, 5) is 11.6. The number of ether oxygens (including phenoxy) is 1. The van der Waals surface area contributed by atoms with Crippen LogP contribution in [0.4, 0.5) is 10.5 Å². The normalized spacial score (nSPS) is 12.1. The first-order chi connectivity index (χ1) is 9.05. The maximum Gasteiger partial charge on any atom is 0.412 e. The lowest BCUT2D eigenvalue weighted by Gasteiger charge is -2.24. The van der Waals surface area contributed by atoms with Gasteiger partial charge < -0.3 is 15.6 Å². The van der Waals surface area contributed by atoms with Crippen LogP contribution >= 0.6 is 0 Å². The average molecular weight is 280 g/mol. The molecule has 4 N–H and O–H groups in total. The van der Waals surface area contributed by atoms with Gasteiger partial charge in [0.2, 0.25) is 0 Å². The Labute approximate surface area is 120 Å². The molecule has 1 amide bonds. The quantitative estimate of drug-likeness (QED) is 0.794. The number of aromatic hydroxyl groups is 1. The van der Waals surface area contributed by atoms with Crippen molar-refractivity contribution in [1.82, 2.24) is 0 Å². The Balaban J connectivity index is 2.86. The maximum absolute atomic E-state index is 11.6. The van der Waals surface area contributed by atoms with Crippen molar-refractivity contribution in [2.45, 2.75) is 45.6 Å². The summed E-state index contributed by atoms with van der Waals surface area (Å²) < 4.78 is 5.15. The Morgan fingerprint density at radius 3 is 2.35 bits per heavy atom. The predicted octanol–water partition coefficient (Wildman–Crippen LogP) is 2.98. The molecule has 0 unspecified atom stereocenters. The Hall–Kier alpha value is -1.75. The number of anilines is 1. The van der Waals surface area contributed by atoms with E-state index < -0.39 is 11.7 Å². The van der Waals surface area contributed by atoms with Crippen molar-refractivity contribution < 1.29 is 14.6 Å². The fourth-order valence-corrected chi connectivity index (χ4v) is 1.71. The molecule has 112 valence electrons. The third kappa shape index (κ3) is 4.42. The molecule has 0 fully saturated rings. The standard InChI is InChI=1S/C15H24N2O3/c1-14(2,3)20-13(19)17-10-6-7-11(12(18)8-10)15(4,5)9-16/h6-8,18H,9,16H2,1-5H3,(H,17,19). The number of amides is 1. The van der Waals surface area contributed by atoms with Gasteiger partial charge in [0.1, 0.15) is 11.4 Å². The lowest BCUT2D eigenvalue weighted by Crippen LogP contribution is -2.28. The van der Waals surface area contributed by atoms with Crippen molar-refractivity contribution in [3.63, 3.8) is 0 Å². The van der Waals surface area contributed by atoms with E-state index in [1.54, 1.807) is 32.9 Å². The molecule has 1 rings (SSSR count). The number of rotatable bonds is 3. The molecule has 0 aliphatic heterocycles. The molecule has 0 radical (unpaired) electrons. The number of nitrogens with one attached hydrogen (secondary N) is 1. The zero-order valence-electron chi connectivity index (χ0n) is 12.8. The van der Waals surface area contributed by atoms with E-state index in [2.05, 4.69) is 5.32 Å². The summed E-state index contributed by atoms with van der Waals surface area (Å²) in [6.07, 6.45) is -0.553. The van der Waals surface area contributed by atoms with Gasteiger partial charge in [-0.25, -0.2) is 4.79 Å². The van der Waals surface area contributed by atoms with Crippen molar-refractivity contribution in [3.8, 4) is 5.75 Å². The van der Waals surface area contributed by atoms with Gasteiger partial charge in [0.15, 0.2) is 0 Å². The molecule has 0 aliphatic rings. The Morgan fingerprint density at radius 1 is 1.30 bits per heavy atom. The van der Waals surface area contributed by atoms with E-state index in [1.807, 2.05) is 13.8 Å². The van der Waals surface area contributed by atoms with Crippen LogP contribution in [0.3, 0.4) is 0 Å². The van der Waals surface area contributed by atoms with Gasteiger partial charge in [-0.15, -0.1) is 0 Å². The van der Waals surface area contributed by atoms with Crippen LogP contribution in [0.15, 0.2) is 18.2 Å². The van der Waals surface area contributed by atoms with E-state index in [4.69, 9.17) is 10.5 Å². The van der Waals surface area contributed by atoms with E-state index in [0.717, 1.165) is 5.56 Å². The molecule has 1 aromatic carbocycles. The van der Waals surface area contributed by atoms with E-state index in [-0.39, 0.29) is 11.2 Å². The summed E-state index contributed by atoms with van der Waals surface area (Å²) in [5.74, 6) is 0.106. The van der Waals surface area contributed by atoms with Crippen LogP contribution in [0.2, 0.25) is 0 Å². The van der Waals surface area contributed by atoms with Crippen LogP contribution in [0.25, 0.3) is 0 Å². The Kier molecular flexibility index (Phi) is 4.65. The molecule has 0 aliphatic carbocycles. The first kappa shape index (κ1) is 16.3. The van der Waals surface area contributed by atoms with Gasteiger partial charge in [-0.1, -0.05) is 19.9 Å². The summed E-state index contributed by atoms with van der Waals surface area (Å²) in [5, 5.41) is 12.6. The van der Waals surface area contributed by atoms with E-state index in [9.17, 15) is 9.90 Å². The van der Waals surface area contributed by atoms with Gasteiger partial charge in [0.05, 0.1) is 0 Å². The number of carbonyl (C=O) groups excluding carboxylic acids is 1. The highest BCUT2D eigenvalue weighted by Crippen LogP contribution is 2.32. The van der Waals surface area contributed by atoms with Crippen LogP contribution in [0, 0.1) is 0 Å². The number of nitrogens with two attached hydrogens (primary N) is 1. The molecule has 5 heteroatoms. The van der Waals surface area contributed by atoms with Gasteiger partial charge >= 0.3 is 6.09 Å². The Bertz CT molecular complexity index is 490. The molecule has 0 atom stereocenters. The smallest absolute Gasteiger partial charge is 0.412 e. The van der Waals surface area contributed by atoms with Crippen LogP contribution in [0.1, 0.15) is 40.2 Å². The molecule has 20 heavy (non-hydrogen) atoms.